The summed E-state index contributed by atoms with van der Waals surface area (Å²) in [6.07, 6.45) is -1.26. The smallest absolute Gasteiger partial charge is 0.273 e. The van der Waals surface area contributed by atoms with Gasteiger partial charge in [0, 0.05) is 6.07 Å². The molecule has 0 aliphatic rings. The molecule has 7 nitrogen and oxygen atoms in total. The van der Waals surface area contributed by atoms with E-state index in [-0.39, 0.29) is 11.4 Å². The molecular formula is C14H22N2O5. The average molecular weight is 298 g/mol. The lowest BCUT2D eigenvalue weighted by atomic mass is 10.2. The highest BCUT2D eigenvalue weighted by Crippen LogP contribution is 2.32. The van der Waals surface area contributed by atoms with Crippen molar-refractivity contribution in [3.63, 3.8) is 0 Å². The molecule has 1 rings (SSSR count). The number of aliphatic hydroxyl groups excluding tert-OH is 1. The first-order chi connectivity index (χ1) is 9.94. The van der Waals surface area contributed by atoms with Crippen LogP contribution in [0.2, 0.25) is 0 Å². The van der Waals surface area contributed by atoms with Gasteiger partial charge in [-0.25, -0.2) is 0 Å². The van der Waals surface area contributed by atoms with Crippen molar-refractivity contribution in [3.05, 3.63) is 28.3 Å². The standard InChI is InChI=1S/C14H22N2O5/c1-5-15(6-2)14(10(3)17)21-12-8-7-11(16(18)19)9-13(12)20-4/h7-10,14,17H,5-6H2,1-4H3/t10?,14-/m1/s1. The van der Waals surface area contributed by atoms with Gasteiger partial charge >= 0.3 is 0 Å². The summed E-state index contributed by atoms with van der Waals surface area (Å²) in [6.45, 7) is 6.99. The van der Waals surface area contributed by atoms with Crippen LogP contribution in [-0.4, -0.2) is 47.5 Å². The molecule has 1 aromatic carbocycles. The minimum atomic E-state index is -0.718. The molecule has 0 spiro atoms. The fourth-order valence-electron chi connectivity index (χ4n) is 2.06. The molecule has 0 aliphatic carbocycles. The number of ether oxygens (including phenoxy) is 2. The van der Waals surface area contributed by atoms with E-state index < -0.39 is 17.3 Å². The highest BCUT2D eigenvalue weighted by molar-refractivity contribution is 5.48. The van der Waals surface area contributed by atoms with Gasteiger partial charge in [0.05, 0.1) is 18.1 Å². The Morgan fingerprint density at radius 1 is 1.33 bits per heavy atom. The van der Waals surface area contributed by atoms with E-state index in [2.05, 4.69) is 0 Å². The lowest BCUT2D eigenvalue weighted by Gasteiger charge is -2.32. The minimum Gasteiger partial charge on any atom is -0.493 e. The molecule has 1 aromatic rings. The largest absolute Gasteiger partial charge is 0.493 e. The molecule has 0 fully saturated rings. The van der Waals surface area contributed by atoms with Gasteiger partial charge in [-0.2, -0.15) is 0 Å². The normalized spacial score (nSPS) is 13.8. The Hall–Kier alpha value is -1.86. The molecule has 0 aliphatic heterocycles. The van der Waals surface area contributed by atoms with Gasteiger partial charge in [0.25, 0.3) is 5.69 Å². The van der Waals surface area contributed by atoms with Crippen molar-refractivity contribution in [1.29, 1.82) is 0 Å². The second-order valence-corrected chi connectivity index (χ2v) is 4.56. The Labute approximate surface area is 124 Å². The molecule has 7 heteroatoms. The molecule has 1 unspecified atom stereocenters. The molecule has 1 N–H and O–H groups in total. The number of rotatable bonds is 8. The lowest BCUT2D eigenvalue weighted by Crippen LogP contribution is -2.46. The van der Waals surface area contributed by atoms with Crippen molar-refractivity contribution in [3.8, 4) is 11.5 Å². The van der Waals surface area contributed by atoms with Crippen LogP contribution in [0, 0.1) is 10.1 Å². The summed E-state index contributed by atoms with van der Waals surface area (Å²) in [5.41, 5.74) is -0.0735. The van der Waals surface area contributed by atoms with Crippen LogP contribution in [0.3, 0.4) is 0 Å². The number of non-ortho nitro benzene ring substituents is 1. The molecule has 0 amide bonds. The van der Waals surface area contributed by atoms with Gasteiger partial charge < -0.3 is 14.6 Å². The first-order valence-corrected chi connectivity index (χ1v) is 6.85. The van der Waals surface area contributed by atoms with E-state index in [1.807, 2.05) is 18.7 Å². The zero-order valence-electron chi connectivity index (χ0n) is 12.8. The highest BCUT2D eigenvalue weighted by atomic mass is 16.6. The molecule has 0 radical (unpaired) electrons. The number of benzene rings is 1. The average Bonchev–Trinajstić information content (AvgIpc) is 2.47. The summed E-state index contributed by atoms with van der Waals surface area (Å²) in [5, 5.41) is 20.7. The van der Waals surface area contributed by atoms with Crippen molar-refractivity contribution in [2.45, 2.75) is 33.1 Å². The van der Waals surface area contributed by atoms with Crippen LogP contribution in [-0.2, 0) is 0 Å². The van der Waals surface area contributed by atoms with Crippen molar-refractivity contribution in [1.82, 2.24) is 4.90 Å². The number of methoxy groups -OCH3 is 1. The summed E-state index contributed by atoms with van der Waals surface area (Å²) < 4.78 is 10.9. The fourth-order valence-corrected chi connectivity index (χ4v) is 2.06. The molecule has 0 saturated heterocycles. The van der Waals surface area contributed by atoms with Crippen molar-refractivity contribution >= 4 is 5.69 Å². The predicted octanol–water partition coefficient (Wildman–Crippen LogP) is 2.03. The maximum Gasteiger partial charge on any atom is 0.273 e. The number of nitrogens with zero attached hydrogens (tertiary/aromatic N) is 2. The van der Waals surface area contributed by atoms with E-state index in [4.69, 9.17) is 9.47 Å². The maximum absolute atomic E-state index is 10.8. The molecule has 0 bridgehead atoms. The third kappa shape index (κ3) is 4.30. The van der Waals surface area contributed by atoms with E-state index in [1.54, 1.807) is 6.92 Å². The Balaban J connectivity index is 3.06. The number of likely N-dealkylation sites (N-methyl/N-ethyl adjacent to an activating group) is 1. The van der Waals surface area contributed by atoms with Crippen LogP contribution in [0.1, 0.15) is 20.8 Å². The summed E-state index contributed by atoms with van der Waals surface area (Å²) >= 11 is 0. The molecule has 0 heterocycles. The maximum atomic E-state index is 10.8. The summed E-state index contributed by atoms with van der Waals surface area (Å²) in [6, 6.07) is 4.13. The van der Waals surface area contributed by atoms with Crippen LogP contribution in [0.15, 0.2) is 18.2 Å². The Bertz CT molecular complexity index is 474. The highest BCUT2D eigenvalue weighted by Gasteiger charge is 2.24. The minimum absolute atomic E-state index is 0.0735. The van der Waals surface area contributed by atoms with Gasteiger partial charge in [-0.3, -0.25) is 15.0 Å². The fraction of sp³-hybridized carbons (Fsp3) is 0.571. The van der Waals surface area contributed by atoms with Crippen LogP contribution in [0.5, 0.6) is 11.5 Å². The summed E-state index contributed by atoms with van der Waals surface area (Å²) in [7, 11) is 1.42. The van der Waals surface area contributed by atoms with Gasteiger partial charge in [0.2, 0.25) is 0 Å². The number of hydrogen-bond donors (Lipinski definition) is 1. The first kappa shape index (κ1) is 17.2. The molecule has 2 atom stereocenters. The van der Waals surface area contributed by atoms with Gasteiger partial charge in [0.15, 0.2) is 17.7 Å². The molecule has 118 valence electrons. The zero-order valence-corrected chi connectivity index (χ0v) is 12.8. The number of nitro groups is 1. The second kappa shape index (κ2) is 7.80. The zero-order chi connectivity index (χ0) is 16.0. The van der Waals surface area contributed by atoms with E-state index in [0.717, 1.165) is 0 Å². The van der Waals surface area contributed by atoms with Gasteiger partial charge in [0.1, 0.15) is 6.10 Å². The van der Waals surface area contributed by atoms with Crippen molar-refractivity contribution < 1.29 is 19.5 Å². The number of nitro benzene ring substituents is 1. The van der Waals surface area contributed by atoms with Crippen molar-refractivity contribution in [2.75, 3.05) is 20.2 Å². The molecule has 21 heavy (non-hydrogen) atoms. The number of hydrogen-bond acceptors (Lipinski definition) is 6. The first-order valence-electron chi connectivity index (χ1n) is 6.85. The van der Waals surface area contributed by atoms with Crippen LogP contribution in [0.4, 0.5) is 5.69 Å². The molecule has 0 saturated carbocycles. The van der Waals surface area contributed by atoms with Crippen molar-refractivity contribution in [2.24, 2.45) is 0 Å². The Morgan fingerprint density at radius 2 is 1.95 bits per heavy atom. The van der Waals surface area contributed by atoms with Gasteiger partial charge in [-0.1, -0.05) is 13.8 Å². The Kier molecular flexibility index (Phi) is 6.39. The van der Waals surface area contributed by atoms with Crippen LogP contribution in [0.25, 0.3) is 0 Å². The third-order valence-corrected chi connectivity index (χ3v) is 3.19. The summed E-state index contributed by atoms with van der Waals surface area (Å²) in [5.74, 6) is 0.628. The monoisotopic (exact) mass is 298 g/mol. The van der Waals surface area contributed by atoms with Gasteiger partial charge in [-0.15, -0.1) is 0 Å². The predicted molar refractivity (Wildman–Crippen MR) is 78.7 cm³/mol. The topological polar surface area (TPSA) is 85.1 Å². The van der Waals surface area contributed by atoms with E-state index in [0.29, 0.717) is 18.8 Å². The van der Waals surface area contributed by atoms with E-state index in [1.165, 1.54) is 25.3 Å². The van der Waals surface area contributed by atoms with Crippen LogP contribution >= 0.6 is 0 Å². The van der Waals surface area contributed by atoms with E-state index >= 15 is 0 Å². The Morgan fingerprint density at radius 3 is 2.38 bits per heavy atom. The summed E-state index contributed by atoms with van der Waals surface area (Å²) in [4.78, 5) is 12.2. The van der Waals surface area contributed by atoms with E-state index in [9.17, 15) is 15.2 Å². The van der Waals surface area contributed by atoms with Gasteiger partial charge in [-0.05, 0) is 26.1 Å². The third-order valence-electron chi connectivity index (χ3n) is 3.19. The quantitative estimate of drug-likeness (QED) is 0.449. The van der Waals surface area contributed by atoms with Crippen LogP contribution < -0.4 is 9.47 Å². The SMILES string of the molecule is CCN(CC)[C@H](Oc1ccc([N+](=O)[O-])cc1OC)C(C)O. The molecule has 0 aromatic heterocycles. The molecular weight excluding hydrogens is 276 g/mol. The second-order valence-electron chi connectivity index (χ2n) is 4.56. The number of aliphatic hydroxyl groups is 1. The lowest BCUT2D eigenvalue weighted by molar-refractivity contribution is -0.385.